The normalized spacial score (nSPS) is 39.2. The average molecular weight is 466 g/mol. The SMILES string of the molecule is O=C(C1CC(C2CCC(Cl)CC2)ON1)N1CCN(S(=O)(=O)C2CCCCC2F)CC1. The highest BCUT2D eigenvalue weighted by atomic mass is 35.5. The molecule has 0 radical (unpaired) electrons. The second kappa shape index (κ2) is 9.57. The minimum atomic E-state index is -3.66. The predicted molar refractivity (Wildman–Crippen MR) is 112 cm³/mol. The summed E-state index contributed by atoms with van der Waals surface area (Å²) in [5.74, 6) is 0.387. The summed E-state index contributed by atoms with van der Waals surface area (Å²) < 4.78 is 41.3. The van der Waals surface area contributed by atoms with E-state index in [1.54, 1.807) is 4.90 Å². The molecular weight excluding hydrogens is 433 g/mol. The average Bonchev–Trinajstić information content (AvgIpc) is 3.24. The first-order valence-corrected chi connectivity index (χ1v) is 13.3. The van der Waals surface area contributed by atoms with Crippen LogP contribution in [0.3, 0.4) is 0 Å². The first-order chi connectivity index (χ1) is 14.4. The highest BCUT2D eigenvalue weighted by Gasteiger charge is 2.43. The lowest BCUT2D eigenvalue weighted by atomic mass is 9.83. The zero-order valence-electron chi connectivity index (χ0n) is 17.3. The number of carbonyl (C=O) groups is 1. The lowest BCUT2D eigenvalue weighted by Crippen LogP contribution is -2.56. The number of nitrogens with zero attached hydrogens (tertiary/aromatic N) is 2. The van der Waals surface area contributed by atoms with E-state index in [9.17, 15) is 17.6 Å². The smallest absolute Gasteiger partial charge is 0.242 e. The molecule has 0 aromatic carbocycles. The van der Waals surface area contributed by atoms with E-state index < -0.39 is 21.4 Å². The van der Waals surface area contributed by atoms with Gasteiger partial charge < -0.3 is 4.90 Å². The van der Waals surface area contributed by atoms with Gasteiger partial charge in [0.2, 0.25) is 15.9 Å². The molecule has 4 unspecified atom stereocenters. The Morgan fingerprint density at radius 3 is 2.33 bits per heavy atom. The Kier molecular flexibility index (Phi) is 7.24. The summed E-state index contributed by atoms with van der Waals surface area (Å²) in [6.45, 7) is 1.13. The number of hydrogen-bond acceptors (Lipinski definition) is 5. The molecule has 30 heavy (non-hydrogen) atoms. The standard InChI is InChI=1S/C20H33ClFN3O4S/c21-15-7-5-14(6-8-15)18-13-17(23-29-18)20(26)24-9-11-25(12-10-24)30(27,28)19-4-2-1-3-16(19)22/h14-19,23H,1-13H2. The molecule has 172 valence electrons. The highest BCUT2D eigenvalue weighted by Crippen LogP contribution is 2.34. The van der Waals surface area contributed by atoms with Crippen LogP contribution < -0.4 is 5.48 Å². The van der Waals surface area contributed by atoms with Gasteiger partial charge in [-0.2, -0.15) is 9.79 Å². The van der Waals surface area contributed by atoms with Crippen LogP contribution in [0.5, 0.6) is 0 Å². The fraction of sp³-hybridized carbons (Fsp3) is 0.950. The highest BCUT2D eigenvalue weighted by molar-refractivity contribution is 7.89. The number of alkyl halides is 2. The molecule has 7 nitrogen and oxygen atoms in total. The minimum absolute atomic E-state index is 0.0255. The van der Waals surface area contributed by atoms with Gasteiger partial charge >= 0.3 is 0 Å². The molecule has 4 aliphatic rings. The Hall–Kier alpha value is -0.480. The molecule has 1 N–H and O–H groups in total. The molecule has 2 aliphatic heterocycles. The Labute approximate surface area is 183 Å². The third kappa shape index (κ3) is 4.80. The van der Waals surface area contributed by atoms with Crippen molar-refractivity contribution >= 4 is 27.5 Å². The number of halogens is 2. The van der Waals surface area contributed by atoms with Crippen LogP contribution >= 0.6 is 11.6 Å². The molecule has 0 bridgehead atoms. The third-order valence-electron chi connectivity index (χ3n) is 7.27. The van der Waals surface area contributed by atoms with Gasteiger partial charge in [-0.3, -0.25) is 9.63 Å². The number of hydrogen-bond donors (Lipinski definition) is 1. The van der Waals surface area contributed by atoms with Gasteiger partial charge in [-0.25, -0.2) is 12.8 Å². The summed E-state index contributed by atoms with van der Waals surface area (Å²) in [6, 6.07) is -0.388. The molecule has 0 aromatic rings. The number of piperazine rings is 1. The fourth-order valence-electron chi connectivity index (χ4n) is 5.35. The molecule has 2 heterocycles. The molecular formula is C20H33ClFN3O4S. The van der Waals surface area contributed by atoms with Crippen molar-refractivity contribution in [3.8, 4) is 0 Å². The van der Waals surface area contributed by atoms with Gasteiger partial charge in [0.05, 0.1) is 6.10 Å². The van der Waals surface area contributed by atoms with Gasteiger partial charge in [-0.05, 0) is 44.4 Å². The number of nitrogens with one attached hydrogen (secondary N) is 1. The largest absolute Gasteiger partial charge is 0.339 e. The maximum absolute atomic E-state index is 14.2. The number of carbonyl (C=O) groups excluding carboxylic acids is 1. The molecule has 0 spiro atoms. The monoisotopic (exact) mass is 465 g/mol. The fourth-order valence-corrected chi connectivity index (χ4v) is 7.63. The third-order valence-corrected chi connectivity index (χ3v) is 10.1. The van der Waals surface area contributed by atoms with Gasteiger partial charge in [-0.1, -0.05) is 12.8 Å². The van der Waals surface area contributed by atoms with Crippen molar-refractivity contribution in [1.82, 2.24) is 14.7 Å². The molecule has 2 saturated heterocycles. The van der Waals surface area contributed by atoms with E-state index in [0.29, 0.717) is 38.3 Å². The molecule has 10 heteroatoms. The molecule has 2 aliphatic carbocycles. The van der Waals surface area contributed by atoms with E-state index in [0.717, 1.165) is 38.5 Å². The van der Waals surface area contributed by atoms with Crippen molar-refractivity contribution < 1.29 is 22.4 Å². The van der Waals surface area contributed by atoms with E-state index >= 15 is 0 Å². The number of hydroxylamine groups is 1. The molecule has 0 aromatic heterocycles. The lowest BCUT2D eigenvalue weighted by molar-refractivity contribution is -0.136. The van der Waals surface area contributed by atoms with E-state index in [1.807, 2.05) is 0 Å². The van der Waals surface area contributed by atoms with Crippen LogP contribution in [-0.2, 0) is 19.7 Å². The minimum Gasteiger partial charge on any atom is -0.339 e. The zero-order valence-corrected chi connectivity index (χ0v) is 18.9. The van der Waals surface area contributed by atoms with E-state index in [2.05, 4.69) is 5.48 Å². The molecule has 4 fully saturated rings. The van der Waals surface area contributed by atoms with Gasteiger partial charge in [0.1, 0.15) is 17.5 Å². The molecule has 4 rings (SSSR count). The second-order valence-corrected chi connectivity index (χ2v) is 12.0. The van der Waals surface area contributed by atoms with Crippen molar-refractivity contribution in [2.75, 3.05) is 26.2 Å². The molecule has 1 amide bonds. The Bertz CT molecular complexity index is 711. The van der Waals surface area contributed by atoms with Crippen molar-refractivity contribution in [3.63, 3.8) is 0 Å². The van der Waals surface area contributed by atoms with Crippen molar-refractivity contribution in [2.24, 2.45) is 5.92 Å². The van der Waals surface area contributed by atoms with Crippen LogP contribution in [0.1, 0.15) is 57.8 Å². The summed E-state index contributed by atoms with van der Waals surface area (Å²) in [7, 11) is -3.66. The topological polar surface area (TPSA) is 79.0 Å². The maximum Gasteiger partial charge on any atom is 0.242 e. The van der Waals surface area contributed by atoms with Crippen LogP contribution in [-0.4, -0.2) is 78.7 Å². The van der Waals surface area contributed by atoms with Crippen molar-refractivity contribution in [1.29, 1.82) is 0 Å². The Balaban J connectivity index is 1.27. The van der Waals surface area contributed by atoms with Crippen LogP contribution in [0, 0.1) is 5.92 Å². The van der Waals surface area contributed by atoms with Crippen LogP contribution in [0.2, 0.25) is 0 Å². The van der Waals surface area contributed by atoms with Gasteiger partial charge in [-0.15, -0.1) is 11.6 Å². The van der Waals surface area contributed by atoms with Crippen LogP contribution in [0.25, 0.3) is 0 Å². The summed E-state index contributed by atoms with van der Waals surface area (Å²) >= 11 is 6.19. The summed E-state index contributed by atoms with van der Waals surface area (Å²) in [4.78, 5) is 20.4. The zero-order chi connectivity index (χ0) is 21.3. The summed E-state index contributed by atoms with van der Waals surface area (Å²) in [6.07, 6.45) is 5.62. The number of rotatable bonds is 4. The van der Waals surface area contributed by atoms with Crippen molar-refractivity contribution in [3.05, 3.63) is 0 Å². The predicted octanol–water partition coefficient (Wildman–Crippen LogP) is 2.20. The molecule has 2 saturated carbocycles. The molecule has 4 atom stereocenters. The van der Waals surface area contributed by atoms with Gasteiger partial charge in [0.15, 0.2) is 0 Å². The first-order valence-electron chi connectivity index (χ1n) is 11.3. The van der Waals surface area contributed by atoms with E-state index in [1.165, 1.54) is 4.31 Å². The number of sulfonamides is 1. The van der Waals surface area contributed by atoms with Crippen molar-refractivity contribution in [2.45, 2.75) is 86.7 Å². The number of amides is 1. The van der Waals surface area contributed by atoms with Crippen LogP contribution in [0.15, 0.2) is 0 Å². The Morgan fingerprint density at radius 1 is 1.00 bits per heavy atom. The van der Waals surface area contributed by atoms with Gasteiger partial charge in [0, 0.05) is 38.0 Å². The summed E-state index contributed by atoms with van der Waals surface area (Å²) in [5, 5.41) is -0.677. The van der Waals surface area contributed by atoms with Gasteiger partial charge in [0.25, 0.3) is 0 Å². The summed E-state index contributed by atoms with van der Waals surface area (Å²) in [5.41, 5.74) is 2.91. The van der Waals surface area contributed by atoms with E-state index in [-0.39, 0.29) is 36.5 Å². The maximum atomic E-state index is 14.2. The second-order valence-electron chi connectivity index (χ2n) is 9.18. The van der Waals surface area contributed by atoms with Crippen LogP contribution in [0.4, 0.5) is 4.39 Å². The van der Waals surface area contributed by atoms with E-state index in [4.69, 9.17) is 16.4 Å². The first kappa shape index (κ1) is 22.7. The Morgan fingerprint density at radius 2 is 1.67 bits per heavy atom. The quantitative estimate of drug-likeness (QED) is 0.644. The lowest BCUT2D eigenvalue weighted by Gasteiger charge is -2.38.